The maximum atomic E-state index is 12.7. The van der Waals surface area contributed by atoms with Gasteiger partial charge in [0.1, 0.15) is 0 Å². The quantitative estimate of drug-likeness (QED) is 0.668. The third-order valence-electron chi connectivity index (χ3n) is 5.17. The molecule has 0 saturated carbocycles. The SMILES string of the molecule is CC[NH+]1CCN(C(=O)[C@@H]2CC(C)=C(C)C[C@H]2C(=O)[O-])CC1. The van der Waals surface area contributed by atoms with Crippen LogP contribution in [0.5, 0.6) is 0 Å². The molecule has 0 spiro atoms. The van der Waals surface area contributed by atoms with Gasteiger partial charge in [-0.3, -0.25) is 4.79 Å². The first-order valence-electron chi connectivity index (χ1n) is 7.92. The zero-order valence-corrected chi connectivity index (χ0v) is 13.3. The first-order valence-corrected chi connectivity index (χ1v) is 7.92. The average molecular weight is 294 g/mol. The number of hydrogen-bond acceptors (Lipinski definition) is 3. The van der Waals surface area contributed by atoms with Crippen LogP contribution >= 0.6 is 0 Å². The summed E-state index contributed by atoms with van der Waals surface area (Å²) in [7, 11) is 0. The lowest BCUT2D eigenvalue weighted by Crippen LogP contribution is -3.14. The summed E-state index contributed by atoms with van der Waals surface area (Å²) in [6.45, 7) is 10.6. The van der Waals surface area contributed by atoms with Gasteiger partial charge in [-0.2, -0.15) is 0 Å². The minimum absolute atomic E-state index is 0.00574. The summed E-state index contributed by atoms with van der Waals surface area (Å²) in [4.78, 5) is 27.5. The van der Waals surface area contributed by atoms with Gasteiger partial charge in [0.05, 0.1) is 38.6 Å². The van der Waals surface area contributed by atoms with Crippen molar-refractivity contribution in [3.63, 3.8) is 0 Å². The zero-order valence-electron chi connectivity index (χ0n) is 13.3. The highest BCUT2D eigenvalue weighted by molar-refractivity contribution is 5.85. The summed E-state index contributed by atoms with van der Waals surface area (Å²) in [5.41, 5.74) is 2.25. The van der Waals surface area contributed by atoms with E-state index in [1.54, 1.807) is 0 Å². The van der Waals surface area contributed by atoms with E-state index in [-0.39, 0.29) is 5.91 Å². The van der Waals surface area contributed by atoms with Crippen LogP contribution in [0.15, 0.2) is 11.1 Å². The van der Waals surface area contributed by atoms with E-state index in [4.69, 9.17) is 0 Å². The molecule has 1 heterocycles. The number of carbonyl (C=O) groups is 2. The Hall–Kier alpha value is -1.36. The number of hydrogen-bond donors (Lipinski definition) is 1. The molecule has 1 N–H and O–H groups in total. The van der Waals surface area contributed by atoms with Crippen LogP contribution in [-0.4, -0.2) is 49.5 Å². The van der Waals surface area contributed by atoms with Crippen LogP contribution in [0.3, 0.4) is 0 Å². The molecule has 0 bridgehead atoms. The molecule has 1 fully saturated rings. The number of piperazine rings is 1. The highest BCUT2D eigenvalue weighted by atomic mass is 16.4. The second-order valence-corrected chi connectivity index (χ2v) is 6.43. The molecule has 2 aliphatic rings. The van der Waals surface area contributed by atoms with Gasteiger partial charge < -0.3 is 19.7 Å². The molecule has 118 valence electrons. The molecule has 0 radical (unpaired) electrons. The fourth-order valence-corrected chi connectivity index (χ4v) is 3.43. The first kappa shape index (κ1) is 16.0. The minimum atomic E-state index is -1.09. The van der Waals surface area contributed by atoms with Crippen LogP contribution in [-0.2, 0) is 9.59 Å². The maximum Gasteiger partial charge on any atom is 0.227 e. The lowest BCUT2D eigenvalue weighted by molar-refractivity contribution is -0.902. The number of nitrogens with one attached hydrogen (secondary N) is 1. The van der Waals surface area contributed by atoms with Crippen molar-refractivity contribution in [1.82, 2.24) is 4.90 Å². The third-order valence-corrected chi connectivity index (χ3v) is 5.17. The van der Waals surface area contributed by atoms with Crippen molar-refractivity contribution >= 4 is 11.9 Å². The Morgan fingerprint density at radius 2 is 1.67 bits per heavy atom. The maximum absolute atomic E-state index is 12.7. The number of quaternary nitrogens is 1. The molecule has 1 saturated heterocycles. The number of amides is 1. The van der Waals surface area contributed by atoms with Gasteiger partial charge in [0.2, 0.25) is 5.91 Å². The van der Waals surface area contributed by atoms with Crippen LogP contribution in [0.1, 0.15) is 33.6 Å². The molecular weight excluding hydrogens is 268 g/mol. The molecule has 5 nitrogen and oxygen atoms in total. The summed E-state index contributed by atoms with van der Waals surface area (Å²) in [5, 5.41) is 11.4. The van der Waals surface area contributed by atoms with Gasteiger partial charge in [-0.05, 0) is 33.6 Å². The van der Waals surface area contributed by atoms with Crippen molar-refractivity contribution in [2.45, 2.75) is 33.6 Å². The summed E-state index contributed by atoms with van der Waals surface area (Å²) in [5.74, 6) is -2.19. The van der Waals surface area contributed by atoms with Gasteiger partial charge in [-0.25, -0.2) is 0 Å². The molecule has 0 aromatic rings. The zero-order chi connectivity index (χ0) is 15.6. The third kappa shape index (κ3) is 3.46. The highest BCUT2D eigenvalue weighted by Crippen LogP contribution is 2.35. The summed E-state index contributed by atoms with van der Waals surface area (Å²) in [6.07, 6.45) is 1.01. The van der Waals surface area contributed by atoms with Crippen LogP contribution < -0.4 is 10.0 Å². The molecule has 0 aromatic carbocycles. The number of rotatable bonds is 3. The fourth-order valence-electron chi connectivity index (χ4n) is 3.43. The molecule has 1 amide bonds. The van der Waals surface area contributed by atoms with E-state index in [9.17, 15) is 14.7 Å². The normalized spacial score (nSPS) is 27.9. The van der Waals surface area contributed by atoms with Gasteiger partial charge in [0, 0.05) is 11.9 Å². The number of nitrogens with zero attached hydrogens (tertiary/aromatic N) is 1. The Labute approximate surface area is 126 Å². The Morgan fingerprint density at radius 1 is 1.14 bits per heavy atom. The predicted molar refractivity (Wildman–Crippen MR) is 77.4 cm³/mol. The molecule has 0 aromatic heterocycles. The van der Waals surface area contributed by atoms with Crippen molar-refractivity contribution < 1.29 is 19.6 Å². The molecular formula is C16H26N2O3. The van der Waals surface area contributed by atoms with Crippen LogP contribution in [0.2, 0.25) is 0 Å². The number of carboxylic acids is 1. The summed E-state index contributed by atoms with van der Waals surface area (Å²) >= 11 is 0. The van der Waals surface area contributed by atoms with Gasteiger partial charge >= 0.3 is 0 Å². The Balaban J connectivity index is 2.08. The van der Waals surface area contributed by atoms with Gasteiger partial charge in [-0.1, -0.05) is 11.1 Å². The van der Waals surface area contributed by atoms with Crippen molar-refractivity contribution in [2.75, 3.05) is 32.7 Å². The summed E-state index contributed by atoms with van der Waals surface area (Å²) < 4.78 is 0. The Morgan fingerprint density at radius 3 is 2.14 bits per heavy atom. The molecule has 2 rings (SSSR count). The van der Waals surface area contributed by atoms with E-state index < -0.39 is 17.8 Å². The van der Waals surface area contributed by atoms with Crippen molar-refractivity contribution in [2.24, 2.45) is 11.8 Å². The van der Waals surface area contributed by atoms with E-state index in [0.717, 1.165) is 43.9 Å². The van der Waals surface area contributed by atoms with Gasteiger partial charge in [-0.15, -0.1) is 0 Å². The molecule has 5 heteroatoms. The Kier molecular flexibility index (Phi) is 5.04. The number of carboxylic acid groups (broad SMARTS) is 1. The van der Waals surface area contributed by atoms with E-state index in [0.29, 0.717) is 12.8 Å². The number of likely N-dealkylation sites (N-methyl/N-ethyl adjacent to an activating group) is 1. The smallest absolute Gasteiger partial charge is 0.227 e. The predicted octanol–water partition coefficient (Wildman–Crippen LogP) is -1.15. The van der Waals surface area contributed by atoms with E-state index >= 15 is 0 Å². The first-order chi connectivity index (χ1) is 9.93. The van der Waals surface area contributed by atoms with Crippen LogP contribution in [0.25, 0.3) is 0 Å². The van der Waals surface area contributed by atoms with Gasteiger partial charge in [0.25, 0.3) is 0 Å². The van der Waals surface area contributed by atoms with Gasteiger partial charge in [0.15, 0.2) is 0 Å². The number of allylic oxidation sites excluding steroid dienone is 2. The molecule has 1 aliphatic heterocycles. The molecule has 2 atom stereocenters. The minimum Gasteiger partial charge on any atom is -0.550 e. The average Bonchev–Trinajstić information content (AvgIpc) is 2.48. The van der Waals surface area contributed by atoms with Crippen molar-refractivity contribution in [3.05, 3.63) is 11.1 Å². The molecule has 21 heavy (non-hydrogen) atoms. The lowest BCUT2D eigenvalue weighted by Gasteiger charge is -2.38. The number of carbonyl (C=O) groups excluding carboxylic acids is 2. The Bertz CT molecular complexity index is 450. The van der Waals surface area contributed by atoms with E-state index in [2.05, 4.69) is 6.92 Å². The lowest BCUT2D eigenvalue weighted by atomic mass is 9.76. The molecule has 1 aliphatic carbocycles. The second-order valence-electron chi connectivity index (χ2n) is 6.43. The van der Waals surface area contributed by atoms with Crippen molar-refractivity contribution in [3.8, 4) is 0 Å². The summed E-state index contributed by atoms with van der Waals surface area (Å²) in [6, 6.07) is 0. The highest BCUT2D eigenvalue weighted by Gasteiger charge is 2.37. The van der Waals surface area contributed by atoms with Crippen LogP contribution in [0, 0.1) is 11.8 Å². The number of aliphatic carboxylic acids is 1. The molecule has 0 unspecified atom stereocenters. The van der Waals surface area contributed by atoms with E-state index in [1.165, 1.54) is 4.90 Å². The van der Waals surface area contributed by atoms with E-state index in [1.807, 2.05) is 18.7 Å². The monoisotopic (exact) mass is 294 g/mol. The van der Waals surface area contributed by atoms with Crippen LogP contribution in [0.4, 0.5) is 0 Å². The fraction of sp³-hybridized carbons (Fsp3) is 0.750. The second kappa shape index (κ2) is 6.60. The largest absolute Gasteiger partial charge is 0.550 e. The standard InChI is InChI=1S/C16H26N2O3/c1-4-17-5-7-18(8-6-17)15(19)13-9-11(2)12(3)10-14(13)16(20)21/h13-14H,4-10H2,1-3H3,(H,20,21)/t13-,14-/m1/s1. The van der Waals surface area contributed by atoms with Crippen molar-refractivity contribution in [1.29, 1.82) is 0 Å². The topological polar surface area (TPSA) is 64.9 Å².